The summed E-state index contributed by atoms with van der Waals surface area (Å²) in [7, 11) is 0. The van der Waals surface area contributed by atoms with Crippen molar-refractivity contribution in [1.82, 2.24) is 0 Å². The maximum Gasteiger partial charge on any atom is 0.134 e. The van der Waals surface area contributed by atoms with Crippen LogP contribution in [0.25, 0.3) is 0 Å². The summed E-state index contributed by atoms with van der Waals surface area (Å²) in [6.45, 7) is 3.60. The van der Waals surface area contributed by atoms with Gasteiger partial charge in [-0.25, -0.2) is 0 Å². The van der Waals surface area contributed by atoms with E-state index in [-0.39, 0.29) is 17.1 Å². The maximum atomic E-state index is 10.5. The molecule has 0 spiro atoms. The van der Waals surface area contributed by atoms with Gasteiger partial charge >= 0.3 is 0 Å². The first-order valence-corrected chi connectivity index (χ1v) is 3.22. The number of rotatable bonds is 1. The normalized spacial score (nSPS) is 44.1. The van der Waals surface area contributed by atoms with Crippen molar-refractivity contribution in [2.45, 2.75) is 19.2 Å². The van der Waals surface area contributed by atoms with E-state index < -0.39 is 0 Å². The first kappa shape index (κ1) is 6.09. The number of hydrogen-bond donors (Lipinski definition) is 0. The van der Waals surface area contributed by atoms with E-state index >= 15 is 0 Å². The van der Waals surface area contributed by atoms with Crippen LogP contribution in [-0.4, -0.2) is 11.2 Å². The van der Waals surface area contributed by atoms with Gasteiger partial charge in [0.2, 0.25) is 0 Å². The van der Waals surface area contributed by atoms with Gasteiger partial charge in [-0.2, -0.15) is 0 Å². The van der Waals surface area contributed by atoms with Crippen LogP contribution >= 0.6 is 11.6 Å². The highest BCUT2D eigenvalue weighted by molar-refractivity contribution is 6.25. The van der Waals surface area contributed by atoms with Crippen molar-refractivity contribution in [3.05, 3.63) is 0 Å². The number of hydrogen-bond acceptors (Lipinski definition) is 1. The van der Waals surface area contributed by atoms with Crippen molar-refractivity contribution in [2.24, 2.45) is 11.8 Å². The molecule has 0 N–H and O–H groups in total. The minimum atomic E-state index is 0.132. The molecule has 0 amide bonds. The molecule has 0 aliphatic heterocycles. The van der Waals surface area contributed by atoms with Crippen LogP contribution in [0.4, 0.5) is 0 Å². The van der Waals surface area contributed by atoms with Gasteiger partial charge in [-0.15, -0.1) is 11.6 Å². The standard InChI is InChI=1S/C6H9ClO/c1-3-5(4(2)8)6(3)7/h3,5-6H,1-2H3. The molecule has 0 heterocycles. The van der Waals surface area contributed by atoms with Gasteiger partial charge in [0.05, 0.1) is 0 Å². The topological polar surface area (TPSA) is 17.1 Å². The highest BCUT2D eigenvalue weighted by Gasteiger charge is 2.48. The third kappa shape index (κ3) is 0.752. The molecule has 3 atom stereocenters. The molecular weight excluding hydrogens is 124 g/mol. The largest absolute Gasteiger partial charge is 0.300 e. The van der Waals surface area contributed by atoms with E-state index in [2.05, 4.69) is 0 Å². The van der Waals surface area contributed by atoms with Crippen molar-refractivity contribution in [3.8, 4) is 0 Å². The summed E-state index contributed by atoms with van der Waals surface area (Å²) in [6.07, 6.45) is 0. The van der Waals surface area contributed by atoms with Crippen molar-refractivity contribution in [1.29, 1.82) is 0 Å². The Morgan fingerprint density at radius 3 is 2.00 bits per heavy atom. The minimum Gasteiger partial charge on any atom is -0.300 e. The van der Waals surface area contributed by atoms with Crippen LogP contribution in [0, 0.1) is 11.8 Å². The van der Waals surface area contributed by atoms with E-state index in [0.717, 1.165) is 0 Å². The molecule has 1 aliphatic carbocycles. The zero-order valence-corrected chi connectivity index (χ0v) is 5.77. The van der Waals surface area contributed by atoms with Crippen molar-refractivity contribution >= 4 is 17.4 Å². The number of carbonyl (C=O) groups is 1. The molecule has 3 unspecified atom stereocenters. The van der Waals surface area contributed by atoms with E-state index in [0.29, 0.717) is 5.92 Å². The number of alkyl halides is 1. The van der Waals surface area contributed by atoms with E-state index in [1.54, 1.807) is 6.92 Å². The third-order valence-corrected chi connectivity index (χ3v) is 2.41. The van der Waals surface area contributed by atoms with Gasteiger partial charge < -0.3 is 0 Å². The lowest BCUT2D eigenvalue weighted by Gasteiger charge is -1.80. The molecule has 2 heteroatoms. The predicted octanol–water partition coefficient (Wildman–Crippen LogP) is 1.45. The zero-order valence-electron chi connectivity index (χ0n) is 5.02. The number of halogens is 1. The Labute approximate surface area is 54.0 Å². The second-order valence-electron chi connectivity index (χ2n) is 2.44. The van der Waals surface area contributed by atoms with Crippen LogP contribution in [0.15, 0.2) is 0 Å². The smallest absolute Gasteiger partial charge is 0.134 e. The Hall–Kier alpha value is -0.0400. The summed E-state index contributed by atoms with van der Waals surface area (Å²) in [5.41, 5.74) is 0. The average Bonchev–Trinajstić information content (AvgIpc) is 2.15. The second-order valence-corrected chi connectivity index (χ2v) is 2.94. The van der Waals surface area contributed by atoms with Gasteiger partial charge in [0, 0.05) is 11.3 Å². The van der Waals surface area contributed by atoms with Crippen LogP contribution in [-0.2, 0) is 4.79 Å². The molecule has 1 aliphatic rings. The van der Waals surface area contributed by atoms with Crippen LogP contribution in [0.2, 0.25) is 0 Å². The fourth-order valence-electron chi connectivity index (χ4n) is 1.01. The molecule has 0 aromatic carbocycles. The Bertz CT molecular complexity index is 114. The summed E-state index contributed by atoms with van der Waals surface area (Å²) in [5.74, 6) is 0.823. The number of Topliss-reactive ketones (excluding diaryl/α,β-unsaturated/α-hetero) is 1. The molecule has 0 aromatic rings. The summed E-state index contributed by atoms with van der Waals surface area (Å²) >= 11 is 5.68. The highest BCUT2D eigenvalue weighted by Crippen LogP contribution is 2.43. The Balaban J connectivity index is 2.44. The zero-order chi connectivity index (χ0) is 6.31. The highest BCUT2D eigenvalue weighted by atomic mass is 35.5. The molecule has 1 nitrogen and oxygen atoms in total. The molecule has 0 saturated heterocycles. The first-order chi connectivity index (χ1) is 3.64. The first-order valence-electron chi connectivity index (χ1n) is 2.79. The van der Waals surface area contributed by atoms with Gasteiger partial charge in [-0.3, -0.25) is 4.79 Å². The number of carbonyl (C=O) groups excluding carboxylic acids is 1. The fourth-order valence-corrected chi connectivity index (χ4v) is 1.49. The third-order valence-electron chi connectivity index (χ3n) is 1.74. The van der Waals surface area contributed by atoms with Gasteiger partial charge in [0.25, 0.3) is 0 Å². The van der Waals surface area contributed by atoms with Crippen LogP contribution in [0.3, 0.4) is 0 Å². The molecule has 8 heavy (non-hydrogen) atoms. The lowest BCUT2D eigenvalue weighted by Crippen LogP contribution is -1.94. The maximum absolute atomic E-state index is 10.5. The Morgan fingerprint density at radius 2 is 2.00 bits per heavy atom. The van der Waals surface area contributed by atoms with Gasteiger partial charge in [0.1, 0.15) is 5.78 Å². The van der Waals surface area contributed by atoms with Crippen LogP contribution in [0.5, 0.6) is 0 Å². The predicted molar refractivity (Wildman–Crippen MR) is 33.0 cm³/mol. The molecule has 0 aromatic heterocycles. The van der Waals surface area contributed by atoms with E-state index in [9.17, 15) is 4.79 Å². The second kappa shape index (κ2) is 1.73. The molecule has 0 bridgehead atoms. The Morgan fingerprint density at radius 1 is 1.62 bits per heavy atom. The van der Waals surface area contributed by atoms with Crippen molar-refractivity contribution in [3.63, 3.8) is 0 Å². The SMILES string of the molecule is CC(=O)C1C(C)C1Cl. The average molecular weight is 133 g/mol. The molecule has 0 radical (unpaired) electrons. The van der Waals surface area contributed by atoms with Crippen LogP contribution < -0.4 is 0 Å². The Kier molecular flexibility index (Phi) is 1.31. The van der Waals surface area contributed by atoms with E-state index in [1.807, 2.05) is 6.92 Å². The lowest BCUT2D eigenvalue weighted by atomic mass is 10.2. The molecule has 1 rings (SSSR count). The monoisotopic (exact) mass is 132 g/mol. The summed E-state index contributed by atoms with van der Waals surface area (Å²) in [5, 5.41) is 0.132. The summed E-state index contributed by atoms with van der Waals surface area (Å²) in [4.78, 5) is 10.5. The molecule has 46 valence electrons. The molecular formula is C6H9ClO. The van der Waals surface area contributed by atoms with Gasteiger partial charge in [-0.1, -0.05) is 6.92 Å². The van der Waals surface area contributed by atoms with E-state index in [4.69, 9.17) is 11.6 Å². The molecule has 1 fully saturated rings. The summed E-state index contributed by atoms with van der Waals surface area (Å²) < 4.78 is 0. The van der Waals surface area contributed by atoms with Gasteiger partial charge in [-0.05, 0) is 12.8 Å². The van der Waals surface area contributed by atoms with Gasteiger partial charge in [0.15, 0.2) is 0 Å². The minimum absolute atomic E-state index is 0.132. The van der Waals surface area contributed by atoms with Crippen molar-refractivity contribution in [2.75, 3.05) is 0 Å². The van der Waals surface area contributed by atoms with Crippen molar-refractivity contribution < 1.29 is 4.79 Å². The molecule has 1 saturated carbocycles. The van der Waals surface area contributed by atoms with Crippen LogP contribution in [0.1, 0.15) is 13.8 Å². The number of ketones is 1. The van der Waals surface area contributed by atoms with E-state index in [1.165, 1.54) is 0 Å². The summed E-state index contributed by atoms with van der Waals surface area (Å²) in [6, 6.07) is 0. The lowest BCUT2D eigenvalue weighted by molar-refractivity contribution is -0.118. The quantitative estimate of drug-likeness (QED) is 0.494. The fraction of sp³-hybridized carbons (Fsp3) is 0.833.